The van der Waals surface area contributed by atoms with Crippen molar-refractivity contribution in [2.24, 2.45) is 0 Å². The second-order valence-electron chi connectivity index (χ2n) is 3.81. The fourth-order valence-electron chi connectivity index (χ4n) is 1.38. The Hall–Kier alpha value is -1.22. The zero-order chi connectivity index (χ0) is 14.6. The summed E-state index contributed by atoms with van der Waals surface area (Å²) in [6.45, 7) is 2.09. The molecule has 1 aromatic rings. The van der Waals surface area contributed by atoms with Crippen LogP contribution in [-0.2, 0) is 10.0 Å². The summed E-state index contributed by atoms with van der Waals surface area (Å²) in [7, 11) is -2.12. The monoisotopic (exact) mass is 307 g/mol. The zero-order valence-electron chi connectivity index (χ0n) is 10.4. The zero-order valence-corrected chi connectivity index (χ0v) is 12.0. The quantitative estimate of drug-likeness (QED) is 0.465. The predicted octanol–water partition coefficient (Wildman–Crippen LogP) is 1.05. The van der Waals surface area contributed by atoms with E-state index in [4.69, 9.17) is 11.6 Å². The van der Waals surface area contributed by atoms with Gasteiger partial charge in [-0.3, -0.25) is 10.1 Å². The molecule has 0 atom stereocenters. The first-order valence-corrected chi connectivity index (χ1v) is 7.24. The van der Waals surface area contributed by atoms with E-state index in [1.165, 1.54) is 13.0 Å². The smallest absolute Gasteiger partial charge is 0.275 e. The van der Waals surface area contributed by atoms with Gasteiger partial charge in [0.15, 0.2) is 0 Å². The number of halogens is 1. The van der Waals surface area contributed by atoms with Crippen LogP contribution in [0.1, 0.15) is 5.56 Å². The van der Waals surface area contributed by atoms with Gasteiger partial charge >= 0.3 is 0 Å². The van der Waals surface area contributed by atoms with E-state index < -0.39 is 14.9 Å². The molecule has 1 rings (SSSR count). The van der Waals surface area contributed by atoms with Gasteiger partial charge in [0.25, 0.3) is 5.69 Å². The summed E-state index contributed by atoms with van der Waals surface area (Å²) in [5.74, 6) is 0. The average Bonchev–Trinajstić information content (AvgIpc) is 2.32. The van der Waals surface area contributed by atoms with Crippen molar-refractivity contribution < 1.29 is 13.3 Å². The highest BCUT2D eigenvalue weighted by molar-refractivity contribution is 7.89. The van der Waals surface area contributed by atoms with Gasteiger partial charge in [0.05, 0.1) is 14.8 Å². The first-order valence-electron chi connectivity index (χ1n) is 5.38. The van der Waals surface area contributed by atoms with E-state index in [0.29, 0.717) is 6.54 Å². The Bertz CT molecular complexity index is 589. The first kappa shape index (κ1) is 15.8. The predicted molar refractivity (Wildman–Crippen MR) is 72.0 cm³/mol. The third-order valence-corrected chi connectivity index (χ3v) is 4.30. The molecule has 0 radical (unpaired) electrons. The molecule has 0 heterocycles. The summed E-state index contributed by atoms with van der Waals surface area (Å²) in [5, 5.41) is 13.7. The minimum atomic E-state index is -3.81. The standard InChI is InChI=1S/C10H14ClN3O4S/c1-7-9(11)5-8(6-10(7)14(15)16)19(17,18)13-4-3-12-2/h5-6,12-13H,3-4H2,1-2H3. The molecule has 0 aliphatic heterocycles. The van der Waals surface area contributed by atoms with Crippen molar-refractivity contribution in [2.75, 3.05) is 20.1 Å². The molecule has 1 aromatic carbocycles. The molecule has 106 valence electrons. The van der Waals surface area contributed by atoms with Crippen LogP contribution in [0, 0.1) is 17.0 Å². The Morgan fingerprint density at radius 1 is 1.37 bits per heavy atom. The molecule has 0 aliphatic carbocycles. The Kier molecular flexibility index (Phi) is 5.24. The second kappa shape index (κ2) is 6.29. The van der Waals surface area contributed by atoms with Crippen molar-refractivity contribution in [3.05, 3.63) is 32.8 Å². The van der Waals surface area contributed by atoms with Gasteiger partial charge in [-0.2, -0.15) is 0 Å². The summed E-state index contributed by atoms with van der Waals surface area (Å²) in [5.41, 5.74) is -0.0812. The normalized spacial score (nSPS) is 11.5. The Balaban J connectivity index is 3.17. The van der Waals surface area contributed by atoms with E-state index in [1.807, 2.05) is 0 Å². The maximum Gasteiger partial charge on any atom is 0.275 e. The van der Waals surface area contributed by atoms with E-state index in [0.717, 1.165) is 6.07 Å². The lowest BCUT2D eigenvalue weighted by Crippen LogP contribution is -2.30. The van der Waals surface area contributed by atoms with Crippen LogP contribution in [-0.4, -0.2) is 33.5 Å². The van der Waals surface area contributed by atoms with Gasteiger partial charge in [-0.1, -0.05) is 11.6 Å². The lowest BCUT2D eigenvalue weighted by Gasteiger charge is -2.08. The highest BCUT2D eigenvalue weighted by Crippen LogP contribution is 2.29. The lowest BCUT2D eigenvalue weighted by atomic mass is 10.2. The molecular weight excluding hydrogens is 294 g/mol. The van der Waals surface area contributed by atoms with Gasteiger partial charge in [0, 0.05) is 24.7 Å². The molecule has 0 bridgehead atoms. The van der Waals surface area contributed by atoms with Crippen molar-refractivity contribution in [3.8, 4) is 0 Å². The van der Waals surface area contributed by atoms with Crippen molar-refractivity contribution in [2.45, 2.75) is 11.8 Å². The summed E-state index contributed by atoms with van der Waals surface area (Å²) >= 11 is 5.82. The highest BCUT2D eigenvalue weighted by Gasteiger charge is 2.21. The van der Waals surface area contributed by atoms with E-state index in [9.17, 15) is 18.5 Å². The molecule has 0 amide bonds. The van der Waals surface area contributed by atoms with Crippen LogP contribution in [0.3, 0.4) is 0 Å². The molecule has 0 saturated carbocycles. The van der Waals surface area contributed by atoms with E-state index in [-0.39, 0.29) is 27.7 Å². The molecule has 0 spiro atoms. The van der Waals surface area contributed by atoms with Gasteiger partial charge < -0.3 is 5.32 Å². The number of sulfonamides is 1. The molecule has 0 aliphatic rings. The van der Waals surface area contributed by atoms with Crippen LogP contribution < -0.4 is 10.0 Å². The maximum absolute atomic E-state index is 11.9. The number of rotatable bonds is 6. The van der Waals surface area contributed by atoms with Crippen LogP contribution in [0.25, 0.3) is 0 Å². The van der Waals surface area contributed by atoms with Gasteiger partial charge in [0.1, 0.15) is 0 Å². The van der Waals surface area contributed by atoms with Crippen LogP contribution in [0.5, 0.6) is 0 Å². The number of hydrogen-bond donors (Lipinski definition) is 2. The molecule has 9 heteroatoms. The molecule has 0 saturated heterocycles. The van der Waals surface area contributed by atoms with Crippen LogP contribution in [0.2, 0.25) is 5.02 Å². The molecule has 0 unspecified atom stereocenters. The molecule has 19 heavy (non-hydrogen) atoms. The number of benzene rings is 1. The number of nitrogens with zero attached hydrogens (tertiary/aromatic N) is 1. The average molecular weight is 308 g/mol. The first-order chi connectivity index (χ1) is 8.79. The molecule has 7 nitrogen and oxygen atoms in total. The molecule has 0 aromatic heterocycles. The molecule has 2 N–H and O–H groups in total. The summed E-state index contributed by atoms with van der Waals surface area (Å²) in [6.07, 6.45) is 0. The summed E-state index contributed by atoms with van der Waals surface area (Å²) in [6, 6.07) is 2.20. The van der Waals surface area contributed by atoms with E-state index in [1.54, 1.807) is 7.05 Å². The van der Waals surface area contributed by atoms with E-state index in [2.05, 4.69) is 10.0 Å². The van der Waals surface area contributed by atoms with Gasteiger partial charge in [-0.15, -0.1) is 0 Å². The fraction of sp³-hybridized carbons (Fsp3) is 0.400. The summed E-state index contributed by atoms with van der Waals surface area (Å²) in [4.78, 5) is 9.96. The van der Waals surface area contributed by atoms with Crippen molar-refractivity contribution in [1.82, 2.24) is 10.0 Å². The fourth-order valence-corrected chi connectivity index (χ4v) is 2.73. The largest absolute Gasteiger partial charge is 0.318 e. The topological polar surface area (TPSA) is 101 Å². The maximum atomic E-state index is 11.9. The Morgan fingerprint density at radius 2 is 2.00 bits per heavy atom. The van der Waals surface area contributed by atoms with Gasteiger partial charge in [-0.05, 0) is 20.0 Å². The van der Waals surface area contributed by atoms with Crippen molar-refractivity contribution in [1.29, 1.82) is 0 Å². The lowest BCUT2D eigenvalue weighted by molar-refractivity contribution is -0.385. The number of nitrogens with one attached hydrogen (secondary N) is 2. The number of hydrogen-bond acceptors (Lipinski definition) is 5. The van der Waals surface area contributed by atoms with Crippen molar-refractivity contribution in [3.63, 3.8) is 0 Å². The highest BCUT2D eigenvalue weighted by atomic mass is 35.5. The van der Waals surface area contributed by atoms with Crippen molar-refractivity contribution >= 4 is 27.3 Å². The molecule has 0 fully saturated rings. The van der Waals surface area contributed by atoms with Gasteiger partial charge in [-0.25, -0.2) is 13.1 Å². The molecular formula is C10H14ClN3O4S. The number of nitro groups is 1. The third-order valence-electron chi connectivity index (χ3n) is 2.46. The van der Waals surface area contributed by atoms with E-state index >= 15 is 0 Å². The van der Waals surface area contributed by atoms with Gasteiger partial charge in [0.2, 0.25) is 10.0 Å². The minimum Gasteiger partial charge on any atom is -0.318 e. The third kappa shape index (κ3) is 3.87. The number of nitro benzene ring substituents is 1. The van der Waals surface area contributed by atoms with Crippen LogP contribution >= 0.6 is 11.6 Å². The Labute approximate surface area is 116 Å². The minimum absolute atomic E-state index is 0.0446. The summed E-state index contributed by atoms with van der Waals surface area (Å²) < 4.78 is 26.2. The Morgan fingerprint density at radius 3 is 2.53 bits per heavy atom. The van der Waals surface area contributed by atoms with Crippen LogP contribution in [0.4, 0.5) is 5.69 Å². The SMILES string of the molecule is CNCCNS(=O)(=O)c1cc(Cl)c(C)c([N+](=O)[O-])c1. The second-order valence-corrected chi connectivity index (χ2v) is 5.98. The number of likely N-dealkylation sites (N-methyl/N-ethyl adjacent to an activating group) is 1. The van der Waals surface area contributed by atoms with Crippen LogP contribution in [0.15, 0.2) is 17.0 Å².